The molecule has 7 nitrogen and oxygen atoms in total. The fourth-order valence-corrected chi connectivity index (χ4v) is 3.04. The molecular weight excluding hydrogens is 366 g/mol. The van der Waals surface area contributed by atoms with Gasteiger partial charge in [-0.25, -0.2) is 4.99 Å². The lowest BCUT2D eigenvalue weighted by Gasteiger charge is -2.26. The minimum absolute atomic E-state index is 0.582. The molecule has 1 aliphatic rings. The van der Waals surface area contributed by atoms with Gasteiger partial charge in [-0.05, 0) is 36.8 Å². The number of benzene rings is 1. The van der Waals surface area contributed by atoms with E-state index in [1.807, 2.05) is 30.3 Å². The van der Waals surface area contributed by atoms with Crippen molar-refractivity contribution in [2.24, 2.45) is 4.99 Å². The normalized spacial score (nSPS) is 15.1. The largest absolute Gasteiger partial charge is 0.492 e. The number of hydrogen-bond acceptors (Lipinski definition) is 5. The van der Waals surface area contributed by atoms with Crippen molar-refractivity contribution in [2.45, 2.75) is 20.0 Å². The molecule has 0 unspecified atom stereocenters. The molecule has 2 N–H and O–H groups in total. The van der Waals surface area contributed by atoms with Gasteiger partial charge in [-0.1, -0.05) is 18.2 Å². The van der Waals surface area contributed by atoms with E-state index < -0.39 is 0 Å². The van der Waals surface area contributed by atoms with Crippen molar-refractivity contribution in [3.63, 3.8) is 0 Å². The van der Waals surface area contributed by atoms with Gasteiger partial charge < -0.3 is 20.1 Å². The van der Waals surface area contributed by atoms with Crippen LogP contribution in [0, 0.1) is 0 Å². The first-order valence-electron chi connectivity index (χ1n) is 10.3. The van der Waals surface area contributed by atoms with Gasteiger partial charge >= 0.3 is 0 Å². The van der Waals surface area contributed by atoms with Crippen molar-refractivity contribution >= 4 is 5.96 Å². The summed E-state index contributed by atoms with van der Waals surface area (Å²) in [6.45, 7) is 9.28. The Morgan fingerprint density at radius 2 is 2.07 bits per heavy atom. The van der Waals surface area contributed by atoms with Crippen LogP contribution in [0.4, 0.5) is 0 Å². The maximum Gasteiger partial charge on any atom is 0.191 e. The average molecular weight is 398 g/mol. The number of pyridine rings is 1. The molecule has 7 heteroatoms. The smallest absolute Gasteiger partial charge is 0.191 e. The molecule has 1 aromatic heterocycles. The molecule has 1 saturated heterocycles. The lowest BCUT2D eigenvalue weighted by Crippen LogP contribution is -2.38. The second-order valence-electron chi connectivity index (χ2n) is 6.82. The first-order valence-corrected chi connectivity index (χ1v) is 10.3. The van der Waals surface area contributed by atoms with Crippen LogP contribution < -0.4 is 15.4 Å². The van der Waals surface area contributed by atoms with Gasteiger partial charge in [0, 0.05) is 32.4 Å². The molecule has 0 radical (unpaired) electrons. The highest BCUT2D eigenvalue weighted by molar-refractivity contribution is 5.79. The Bertz CT molecular complexity index is 748. The highest BCUT2D eigenvalue weighted by atomic mass is 16.5. The Labute approximate surface area is 173 Å². The van der Waals surface area contributed by atoms with Crippen LogP contribution in [0.2, 0.25) is 0 Å². The standard InChI is InChI=1S/C22H31N5O2/c1-2-23-22(26-18-20-7-3-4-9-24-20)25-17-19-6-5-8-21(16-19)29-15-12-27-10-13-28-14-11-27/h3-9,16H,2,10-15,17-18H2,1H3,(H2,23,25,26). The third-order valence-corrected chi connectivity index (χ3v) is 4.61. The van der Waals surface area contributed by atoms with Gasteiger partial charge in [-0.2, -0.15) is 0 Å². The predicted molar refractivity (Wildman–Crippen MR) is 115 cm³/mol. The predicted octanol–water partition coefficient (Wildman–Crippen LogP) is 2.05. The monoisotopic (exact) mass is 397 g/mol. The quantitative estimate of drug-likeness (QED) is 0.499. The van der Waals surface area contributed by atoms with Crippen molar-refractivity contribution in [1.82, 2.24) is 20.5 Å². The van der Waals surface area contributed by atoms with Crippen LogP contribution in [-0.2, 0) is 17.8 Å². The first kappa shape index (κ1) is 21.1. The van der Waals surface area contributed by atoms with Crippen LogP contribution in [0.3, 0.4) is 0 Å². The Morgan fingerprint density at radius 1 is 1.17 bits per heavy atom. The molecule has 3 rings (SSSR count). The molecule has 0 aliphatic carbocycles. The zero-order valence-electron chi connectivity index (χ0n) is 17.1. The first-order chi connectivity index (χ1) is 14.3. The van der Waals surface area contributed by atoms with Gasteiger partial charge in [-0.15, -0.1) is 0 Å². The maximum atomic E-state index is 5.94. The minimum atomic E-state index is 0.582. The van der Waals surface area contributed by atoms with Crippen LogP contribution in [0.15, 0.2) is 53.7 Å². The number of nitrogens with zero attached hydrogens (tertiary/aromatic N) is 3. The van der Waals surface area contributed by atoms with Crippen molar-refractivity contribution in [3.8, 4) is 5.75 Å². The second kappa shape index (κ2) is 12.0. The lowest BCUT2D eigenvalue weighted by atomic mass is 10.2. The van der Waals surface area contributed by atoms with Crippen LogP contribution in [0.25, 0.3) is 0 Å². The van der Waals surface area contributed by atoms with E-state index in [0.717, 1.165) is 62.4 Å². The number of guanidine groups is 1. The summed E-state index contributed by atoms with van der Waals surface area (Å²) in [5, 5.41) is 6.59. The highest BCUT2D eigenvalue weighted by Crippen LogP contribution is 2.14. The molecule has 0 saturated carbocycles. The summed E-state index contributed by atoms with van der Waals surface area (Å²) in [5.41, 5.74) is 2.10. The lowest BCUT2D eigenvalue weighted by molar-refractivity contribution is 0.0322. The van der Waals surface area contributed by atoms with E-state index in [1.54, 1.807) is 6.20 Å². The molecule has 156 valence electrons. The highest BCUT2D eigenvalue weighted by Gasteiger charge is 2.09. The van der Waals surface area contributed by atoms with E-state index in [1.165, 1.54) is 0 Å². The molecule has 0 atom stereocenters. The molecule has 0 spiro atoms. The van der Waals surface area contributed by atoms with Gasteiger partial charge in [0.1, 0.15) is 12.4 Å². The summed E-state index contributed by atoms with van der Waals surface area (Å²) < 4.78 is 11.3. The fraction of sp³-hybridized carbons (Fsp3) is 0.455. The summed E-state index contributed by atoms with van der Waals surface area (Å²) in [6, 6.07) is 14.0. The second-order valence-corrected chi connectivity index (χ2v) is 6.82. The van der Waals surface area contributed by atoms with E-state index in [2.05, 4.69) is 44.6 Å². The van der Waals surface area contributed by atoms with Gasteiger partial charge in [0.2, 0.25) is 0 Å². The molecule has 1 aromatic carbocycles. The molecular formula is C22H31N5O2. The Kier molecular flexibility index (Phi) is 8.75. The number of aliphatic imine (C=N–C) groups is 1. The fourth-order valence-electron chi connectivity index (χ4n) is 3.04. The summed E-state index contributed by atoms with van der Waals surface area (Å²) in [7, 11) is 0. The van der Waals surface area contributed by atoms with Crippen molar-refractivity contribution in [1.29, 1.82) is 0 Å². The van der Waals surface area contributed by atoms with Crippen molar-refractivity contribution < 1.29 is 9.47 Å². The summed E-state index contributed by atoms with van der Waals surface area (Å²) in [5.74, 6) is 1.66. The maximum absolute atomic E-state index is 5.94. The van der Waals surface area contributed by atoms with E-state index in [0.29, 0.717) is 19.7 Å². The molecule has 29 heavy (non-hydrogen) atoms. The van der Waals surface area contributed by atoms with Crippen LogP contribution >= 0.6 is 0 Å². The van der Waals surface area contributed by atoms with Gasteiger partial charge in [0.25, 0.3) is 0 Å². The number of aromatic nitrogens is 1. The molecule has 2 aromatic rings. The number of rotatable bonds is 9. The Balaban J connectivity index is 1.48. The van der Waals surface area contributed by atoms with Gasteiger partial charge in [0.05, 0.1) is 32.0 Å². The zero-order valence-corrected chi connectivity index (χ0v) is 17.1. The average Bonchev–Trinajstić information content (AvgIpc) is 2.77. The molecule has 1 aliphatic heterocycles. The van der Waals surface area contributed by atoms with E-state index >= 15 is 0 Å². The summed E-state index contributed by atoms with van der Waals surface area (Å²) in [4.78, 5) is 11.4. The minimum Gasteiger partial charge on any atom is -0.492 e. The number of ether oxygens (including phenoxy) is 2. The topological polar surface area (TPSA) is 71.0 Å². The zero-order chi connectivity index (χ0) is 20.2. The van der Waals surface area contributed by atoms with E-state index in [4.69, 9.17) is 9.47 Å². The van der Waals surface area contributed by atoms with Crippen LogP contribution in [0.1, 0.15) is 18.2 Å². The Morgan fingerprint density at radius 3 is 2.86 bits per heavy atom. The van der Waals surface area contributed by atoms with Crippen molar-refractivity contribution in [2.75, 3.05) is 46.0 Å². The summed E-state index contributed by atoms with van der Waals surface area (Å²) >= 11 is 0. The number of hydrogen-bond donors (Lipinski definition) is 2. The SMILES string of the molecule is CCNC(=NCc1cccc(OCCN2CCOCC2)c1)NCc1ccccn1. The number of morpholine rings is 1. The van der Waals surface area contributed by atoms with E-state index in [-0.39, 0.29) is 0 Å². The van der Waals surface area contributed by atoms with Gasteiger partial charge in [-0.3, -0.25) is 9.88 Å². The van der Waals surface area contributed by atoms with Gasteiger partial charge in [0.15, 0.2) is 5.96 Å². The third kappa shape index (κ3) is 7.71. The summed E-state index contributed by atoms with van der Waals surface area (Å²) in [6.07, 6.45) is 1.80. The molecule has 0 bridgehead atoms. The molecule has 0 amide bonds. The molecule has 1 fully saturated rings. The van der Waals surface area contributed by atoms with Crippen molar-refractivity contribution in [3.05, 3.63) is 59.9 Å². The van der Waals surface area contributed by atoms with Crippen LogP contribution in [-0.4, -0.2) is 61.8 Å². The Hall–Kier alpha value is -2.64. The van der Waals surface area contributed by atoms with Crippen LogP contribution in [0.5, 0.6) is 5.75 Å². The number of nitrogens with one attached hydrogen (secondary N) is 2. The third-order valence-electron chi connectivity index (χ3n) is 4.61. The van der Waals surface area contributed by atoms with E-state index in [9.17, 15) is 0 Å². The molecule has 2 heterocycles.